The summed E-state index contributed by atoms with van der Waals surface area (Å²) >= 11 is 13.0. The largest absolute Gasteiger partial charge is 0.316 e. The normalized spacial score (nSPS) is 11.9. The van der Waals surface area contributed by atoms with Crippen molar-refractivity contribution >= 4 is 61.7 Å². The number of aromatic nitrogens is 3. The predicted octanol–water partition coefficient (Wildman–Crippen LogP) is 3.58. The summed E-state index contributed by atoms with van der Waals surface area (Å²) in [7, 11) is -3.60. The van der Waals surface area contributed by atoms with Gasteiger partial charge in [-0.15, -0.1) is 0 Å². The number of anilines is 1. The minimum Gasteiger partial charge on any atom is -0.316 e. The Morgan fingerprint density at radius 3 is 2.72 bits per heavy atom. The topological polar surface area (TPSA) is 118 Å². The highest BCUT2D eigenvalue weighted by Gasteiger charge is 2.18. The van der Waals surface area contributed by atoms with Gasteiger partial charge in [0.25, 0.3) is 11.1 Å². The molecular formula is C17H11Cl2N5O3S2. The van der Waals surface area contributed by atoms with Crippen LogP contribution < -0.4 is 5.32 Å². The Kier molecular flexibility index (Phi) is 6.04. The van der Waals surface area contributed by atoms with E-state index in [0.29, 0.717) is 33.0 Å². The number of carbonyl (C=O) groups is 1. The molecule has 0 atom stereocenters. The molecule has 29 heavy (non-hydrogen) atoms. The van der Waals surface area contributed by atoms with Crippen LogP contribution in [0.2, 0.25) is 10.0 Å². The lowest BCUT2D eigenvalue weighted by atomic mass is 10.2. The van der Waals surface area contributed by atoms with Crippen molar-refractivity contribution in [2.45, 2.75) is 5.16 Å². The second kappa shape index (κ2) is 8.34. The van der Waals surface area contributed by atoms with E-state index in [4.69, 9.17) is 23.2 Å². The van der Waals surface area contributed by atoms with Crippen molar-refractivity contribution in [3.8, 4) is 11.8 Å². The lowest BCUT2D eigenvalue weighted by molar-refractivity contribution is -0.112. The lowest BCUT2D eigenvalue weighted by Gasteiger charge is -2.10. The van der Waals surface area contributed by atoms with E-state index in [0.717, 1.165) is 6.26 Å². The fraction of sp³-hybridized carbons (Fsp3) is 0.0588. The van der Waals surface area contributed by atoms with E-state index < -0.39 is 20.9 Å². The maximum Gasteiger partial charge on any atom is 0.268 e. The number of nitrogens with one attached hydrogen (secondary N) is 1. The van der Waals surface area contributed by atoms with E-state index in [1.54, 1.807) is 41.1 Å². The van der Waals surface area contributed by atoms with Crippen LogP contribution in [-0.4, -0.2) is 34.5 Å². The fourth-order valence-corrected chi connectivity index (χ4v) is 4.11. The maximum atomic E-state index is 12.4. The second-order valence-corrected chi connectivity index (χ2v) is 9.10. The van der Waals surface area contributed by atoms with Gasteiger partial charge in [0.05, 0.1) is 15.7 Å². The van der Waals surface area contributed by atoms with Gasteiger partial charge >= 0.3 is 0 Å². The van der Waals surface area contributed by atoms with Gasteiger partial charge < -0.3 is 4.57 Å². The third-order valence-electron chi connectivity index (χ3n) is 3.59. The van der Waals surface area contributed by atoms with Crippen LogP contribution in [0.1, 0.15) is 5.69 Å². The Bertz CT molecular complexity index is 1270. The minimum absolute atomic E-state index is 0.0372. The molecule has 3 aromatic rings. The van der Waals surface area contributed by atoms with E-state index in [-0.39, 0.29) is 10.7 Å². The van der Waals surface area contributed by atoms with Crippen LogP contribution in [0.25, 0.3) is 11.8 Å². The molecule has 0 fully saturated rings. The molecule has 0 spiro atoms. The van der Waals surface area contributed by atoms with Gasteiger partial charge in [-0.25, -0.2) is 8.42 Å². The summed E-state index contributed by atoms with van der Waals surface area (Å²) in [6.07, 6.45) is 4.03. The summed E-state index contributed by atoms with van der Waals surface area (Å²) in [4.78, 5) is 16.2. The lowest BCUT2D eigenvalue weighted by Crippen LogP contribution is -2.14. The third kappa shape index (κ3) is 4.65. The highest BCUT2D eigenvalue weighted by molar-refractivity contribution is 7.90. The molecule has 0 bridgehead atoms. The maximum absolute atomic E-state index is 12.4. The molecule has 0 aliphatic carbocycles. The summed E-state index contributed by atoms with van der Waals surface area (Å²) in [5.74, 6) is -0.756. The Hall–Kier alpha value is -2.71. The van der Waals surface area contributed by atoms with Gasteiger partial charge in [-0.1, -0.05) is 29.3 Å². The van der Waals surface area contributed by atoms with Gasteiger partial charge in [0.1, 0.15) is 11.6 Å². The van der Waals surface area contributed by atoms with Crippen molar-refractivity contribution in [1.29, 1.82) is 5.26 Å². The first-order valence-corrected chi connectivity index (χ1v) is 11.2. The molecule has 1 amide bonds. The zero-order valence-corrected chi connectivity index (χ0v) is 17.8. The van der Waals surface area contributed by atoms with Gasteiger partial charge in [-0.2, -0.15) is 14.6 Å². The van der Waals surface area contributed by atoms with Crippen LogP contribution in [0.15, 0.2) is 47.3 Å². The molecule has 0 aliphatic heterocycles. The standard InChI is InChI=1S/C17H11Cl2N5O3S2/c1-29(26,27)17-22-16(28-23-17)21-15(25)10(9-20)8-11-4-3-7-24(11)13-6-2-5-12(18)14(13)19/h2-8H,1H3,(H,21,22,23,25)/b10-8-. The molecule has 0 aliphatic rings. The van der Waals surface area contributed by atoms with Gasteiger partial charge in [-0.3, -0.25) is 10.1 Å². The van der Waals surface area contributed by atoms with E-state index in [1.807, 2.05) is 6.07 Å². The number of amides is 1. The highest BCUT2D eigenvalue weighted by atomic mass is 35.5. The fourth-order valence-electron chi connectivity index (χ4n) is 2.28. The van der Waals surface area contributed by atoms with Gasteiger partial charge in [0, 0.05) is 29.7 Å². The monoisotopic (exact) mass is 467 g/mol. The second-order valence-electron chi connectivity index (χ2n) is 5.65. The van der Waals surface area contributed by atoms with E-state index in [1.165, 1.54) is 6.08 Å². The highest BCUT2D eigenvalue weighted by Crippen LogP contribution is 2.30. The first-order valence-electron chi connectivity index (χ1n) is 7.79. The summed E-state index contributed by atoms with van der Waals surface area (Å²) in [5, 5.41) is 12.0. The Morgan fingerprint density at radius 2 is 2.07 bits per heavy atom. The Morgan fingerprint density at radius 1 is 1.31 bits per heavy atom. The zero-order chi connectivity index (χ0) is 21.2. The molecular weight excluding hydrogens is 457 g/mol. The number of sulfone groups is 1. The van der Waals surface area contributed by atoms with Crippen LogP contribution in [-0.2, 0) is 14.6 Å². The number of nitrogens with zero attached hydrogens (tertiary/aromatic N) is 4. The molecule has 2 heterocycles. The SMILES string of the molecule is CS(=O)(=O)c1nsc(NC(=O)/C(C#N)=C\c2cccn2-c2cccc(Cl)c2Cl)n1. The van der Waals surface area contributed by atoms with E-state index in [2.05, 4.69) is 14.7 Å². The van der Waals surface area contributed by atoms with Crippen molar-refractivity contribution in [2.24, 2.45) is 0 Å². The smallest absolute Gasteiger partial charge is 0.268 e. The average molecular weight is 468 g/mol. The molecule has 148 valence electrons. The van der Waals surface area contributed by atoms with Crippen LogP contribution in [0.3, 0.4) is 0 Å². The first-order chi connectivity index (χ1) is 13.7. The molecule has 1 aromatic carbocycles. The molecule has 0 unspecified atom stereocenters. The van der Waals surface area contributed by atoms with Crippen molar-refractivity contribution in [3.05, 3.63) is 57.8 Å². The number of nitriles is 1. The number of carbonyl (C=O) groups excluding carboxylic acids is 1. The first kappa shape index (κ1) is 21.0. The van der Waals surface area contributed by atoms with Crippen LogP contribution in [0.4, 0.5) is 5.13 Å². The van der Waals surface area contributed by atoms with Crippen molar-refractivity contribution in [2.75, 3.05) is 11.6 Å². The summed E-state index contributed by atoms with van der Waals surface area (Å²) < 4.78 is 28.2. The average Bonchev–Trinajstić information content (AvgIpc) is 3.31. The molecule has 0 radical (unpaired) electrons. The number of hydrogen-bond donors (Lipinski definition) is 1. The number of halogens is 2. The molecule has 8 nitrogen and oxygen atoms in total. The quantitative estimate of drug-likeness (QED) is 0.452. The molecule has 0 saturated carbocycles. The zero-order valence-electron chi connectivity index (χ0n) is 14.6. The van der Waals surface area contributed by atoms with E-state index in [9.17, 15) is 18.5 Å². The van der Waals surface area contributed by atoms with Crippen molar-refractivity contribution in [1.82, 2.24) is 13.9 Å². The van der Waals surface area contributed by atoms with Gasteiger partial charge in [-0.05, 0) is 30.3 Å². The van der Waals surface area contributed by atoms with Gasteiger partial charge in [0.2, 0.25) is 15.0 Å². The number of benzene rings is 1. The van der Waals surface area contributed by atoms with Crippen LogP contribution in [0, 0.1) is 11.3 Å². The van der Waals surface area contributed by atoms with E-state index >= 15 is 0 Å². The van der Waals surface area contributed by atoms with Gasteiger partial charge in [0.15, 0.2) is 0 Å². The molecule has 2 aromatic heterocycles. The molecule has 0 saturated heterocycles. The van der Waals surface area contributed by atoms with Crippen molar-refractivity contribution in [3.63, 3.8) is 0 Å². The molecule has 1 N–H and O–H groups in total. The summed E-state index contributed by atoms with van der Waals surface area (Å²) in [6.45, 7) is 0. The Labute approximate surface area is 180 Å². The summed E-state index contributed by atoms with van der Waals surface area (Å²) in [6, 6.07) is 10.3. The summed E-state index contributed by atoms with van der Waals surface area (Å²) in [5.41, 5.74) is 0.865. The minimum atomic E-state index is -3.60. The third-order valence-corrected chi connectivity index (χ3v) is 5.99. The Balaban J connectivity index is 1.91. The molecule has 3 rings (SSSR count). The predicted molar refractivity (Wildman–Crippen MR) is 111 cm³/mol. The number of rotatable bonds is 5. The van der Waals surface area contributed by atoms with Crippen LogP contribution >= 0.6 is 34.7 Å². The molecule has 12 heteroatoms. The van der Waals surface area contributed by atoms with Crippen molar-refractivity contribution < 1.29 is 13.2 Å². The van der Waals surface area contributed by atoms with Crippen LogP contribution in [0.5, 0.6) is 0 Å². The number of hydrogen-bond acceptors (Lipinski definition) is 7.